The minimum absolute atomic E-state index is 0.0159. The summed E-state index contributed by atoms with van der Waals surface area (Å²) in [5.41, 5.74) is 3.12. The number of nitrogens with one attached hydrogen (secondary N) is 1. The molecule has 0 aliphatic carbocycles. The second-order valence-corrected chi connectivity index (χ2v) is 7.39. The Morgan fingerprint density at radius 3 is 2.73 bits per heavy atom. The summed E-state index contributed by atoms with van der Waals surface area (Å²) >= 11 is 0. The molecule has 0 fully saturated rings. The monoisotopic (exact) mass is 407 g/mol. The maximum absolute atomic E-state index is 13.2. The van der Waals surface area contributed by atoms with Crippen molar-refractivity contribution in [2.45, 2.75) is 32.4 Å². The van der Waals surface area contributed by atoms with Crippen molar-refractivity contribution in [3.05, 3.63) is 71.9 Å². The summed E-state index contributed by atoms with van der Waals surface area (Å²) in [6.07, 6.45) is 3.61. The van der Waals surface area contributed by atoms with Gasteiger partial charge in [-0.2, -0.15) is 4.39 Å². The van der Waals surface area contributed by atoms with E-state index in [4.69, 9.17) is 9.47 Å². The molecule has 1 aliphatic heterocycles. The quantitative estimate of drug-likeness (QED) is 0.651. The van der Waals surface area contributed by atoms with Gasteiger partial charge in [-0.05, 0) is 43.7 Å². The summed E-state index contributed by atoms with van der Waals surface area (Å²) in [6.45, 7) is 4.20. The first-order valence-electron chi connectivity index (χ1n) is 9.80. The van der Waals surface area contributed by atoms with Crippen molar-refractivity contribution < 1.29 is 18.7 Å². The number of amides is 1. The van der Waals surface area contributed by atoms with E-state index in [2.05, 4.69) is 15.3 Å². The van der Waals surface area contributed by atoms with Crippen LogP contribution in [0, 0.1) is 5.95 Å². The Bertz CT molecular complexity index is 1040. The van der Waals surface area contributed by atoms with Gasteiger partial charge in [-0.15, -0.1) is 0 Å². The molecule has 3 heterocycles. The molecular weight excluding hydrogens is 385 g/mol. The largest absolute Gasteiger partial charge is 0.491 e. The van der Waals surface area contributed by atoms with Crippen LogP contribution in [0.1, 0.15) is 29.8 Å². The van der Waals surface area contributed by atoms with Crippen LogP contribution in [-0.2, 0) is 6.42 Å². The topological polar surface area (TPSA) is 73.3 Å². The average molecular weight is 407 g/mol. The van der Waals surface area contributed by atoms with Crippen molar-refractivity contribution in [3.63, 3.8) is 0 Å². The Morgan fingerprint density at radius 1 is 1.17 bits per heavy atom. The molecule has 6 nitrogen and oxygen atoms in total. The van der Waals surface area contributed by atoms with E-state index < -0.39 is 5.95 Å². The molecule has 4 rings (SSSR count). The molecule has 1 aromatic carbocycles. The lowest BCUT2D eigenvalue weighted by molar-refractivity contribution is 0.0915. The van der Waals surface area contributed by atoms with Gasteiger partial charge in [-0.1, -0.05) is 12.1 Å². The highest BCUT2D eigenvalue weighted by Crippen LogP contribution is 2.34. The molecule has 1 aliphatic rings. The first-order valence-corrected chi connectivity index (χ1v) is 9.80. The Labute approximate surface area is 174 Å². The molecule has 0 spiro atoms. The first-order chi connectivity index (χ1) is 14.5. The van der Waals surface area contributed by atoms with Gasteiger partial charge in [-0.3, -0.25) is 4.79 Å². The molecule has 30 heavy (non-hydrogen) atoms. The van der Waals surface area contributed by atoms with Crippen LogP contribution in [0.25, 0.3) is 11.1 Å². The van der Waals surface area contributed by atoms with Crippen molar-refractivity contribution in [2.24, 2.45) is 0 Å². The molecule has 0 bridgehead atoms. The highest BCUT2D eigenvalue weighted by atomic mass is 19.1. The molecule has 0 radical (unpaired) electrons. The Hall–Kier alpha value is -3.48. The summed E-state index contributed by atoms with van der Waals surface area (Å²) in [5.74, 6) is 0.494. The molecule has 154 valence electrons. The Kier molecular flexibility index (Phi) is 5.61. The normalized spacial score (nSPS) is 15.3. The van der Waals surface area contributed by atoms with E-state index in [0.29, 0.717) is 24.5 Å². The molecule has 1 N–H and O–H groups in total. The summed E-state index contributed by atoms with van der Waals surface area (Å²) in [4.78, 5) is 20.6. The number of carbonyl (C=O) groups excluding carboxylic acids is 1. The van der Waals surface area contributed by atoms with Crippen LogP contribution >= 0.6 is 0 Å². The van der Waals surface area contributed by atoms with Crippen LogP contribution in [0.4, 0.5) is 4.39 Å². The molecule has 0 saturated heterocycles. The van der Waals surface area contributed by atoms with Crippen LogP contribution in [0.5, 0.6) is 11.6 Å². The lowest BCUT2D eigenvalue weighted by atomic mass is 9.93. The minimum atomic E-state index is -0.525. The first kappa shape index (κ1) is 19.8. The molecule has 3 aromatic rings. The number of nitrogens with zero attached hydrogens (tertiary/aromatic N) is 2. The van der Waals surface area contributed by atoms with Crippen LogP contribution in [0.2, 0.25) is 0 Å². The minimum Gasteiger partial charge on any atom is -0.491 e. The van der Waals surface area contributed by atoms with E-state index in [0.717, 1.165) is 22.4 Å². The van der Waals surface area contributed by atoms with E-state index in [-0.39, 0.29) is 18.1 Å². The Balaban J connectivity index is 1.49. The number of hydrogen-bond acceptors (Lipinski definition) is 5. The number of fused-ring (bicyclic) bond motifs is 1. The van der Waals surface area contributed by atoms with Crippen LogP contribution in [-0.4, -0.2) is 34.6 Å². The van der Waals surface area contributed by atoms with Crippen molar-refractivity contribution in [2.75, 3.05) is 6.61 Å². The summed E-state index contributed by atoms with van der Waals surface area (Å²) in [7, 11) is 0. The van der Waals surface area contributed by atoms with Crippen LogP contribution in [0.15, 0.2) is 54.9 Å². The van der Waals surface area contributed by atoms with E-state index in [9.17, 15) is 9.18 Å². The third-order valence-corrected chi connectivity index (χ3v) is 4.75. The van der Waals surface area contributed by atoms with E-state index in [1.807, 2.05) is 32.0 Å². The second-order valence-electron chi connectivity index (χ2n) is 7.39. The number of pyridine rings is 2. The highest BCUT2D eigenvalue weighted by Gasteiger charge is 2.24. The second kappa shape index (κ2) is 8.49. The molecule has 1 atom stereocenters. The molecule has 7 heteroatoms. The molecule has 1 amide bonds. The molecular formula is C23H22FN3O3. The third-order valence-electron chi connectivity index (χ3n) is 4.75. The number of ether oxygens (including phenoxy) is 2. The summed E-state index contributed by atoms with van der Waals surface area (Å²) < 4.78 is 24.6. The fourth-order valence-corrected chi connectivity index (χ4v) is 3.40. The van der Waals surface area contributed by atoms with Gasteiger partial charge in [0, 0.05) is 36.0 Å². The van der Waals surface area contributed by atoms with Crippen molar-refractivity contribution in [1.82, 2.24) is 15.3 Å². The van der Waals surface area contributed by atoms with Gasteiger partial charge < -0.3 is 14.8 Å². The predicted octanol–water partition coefficient (Wildman–Crippen LogP) is 3.80. The summed E-state index contributed by atoms with van der Waals surface area (Å²) in [5, 5.41) is 3.00. The van der Waals surface area contributed by atoms with Gasteiger partial charge in [0.1, 0.15) is 12.4 Å². The predicted molar refractivity (Wildman–Crippen MR) is 110 cm³/mol. The van der Waals surface area contributed by atoms with Gasteiger partial charge in [0.05, 0.1) is 17.7 Å². The average Bonchev–Trinajstić information content (AvgIpc) is 2.74. The van der Waals surface area contributed by atoms with Crippen LogP contribution in [0.3, 0.4) is 0 Å². The van der Waals surface area contributed by atoms with Crippen LogP contribution < -0.4 is 14.8 Å². The number of rotatable bonds is 5. The lowest BCUT2D eigenvalue weighted by Crippen LogP contribution is -2.42. The van der Waals surface area contributed by atoms with Crippen molar-refractivity contribution >= 4 is 5.91 Å². The van der Waals surface area contributed by atoms with Gasteiger partial charge >= 0.3 is 0 Å². The van der Waals surface area contributed by atoms with Crippen molar-refractivity contribution in [1.29, 1.82) is 0 Å². The lowest BCUT2D eigenvalue weighted by Gasteiger charge is -2.28. The summed E-state index contributed by atoms with van der Waals surface area (Å²) in [6, 6.07) is 11.9. The zero-order chi connectivity index (χ0) is 21.1. The fraction of sp³-hybridized carbons (Fsp3) is 0.261. The van der Waals surface area contributed by atoms with Gasteiger partial charge in [0.25, 0.3) is 5.91 Å². The highest BCUT2D eigenvalue weighted by molar-refractivity contribution is 5.94. The molecule has 0 unspecified atom stereocenters. The number of hydrogen-bond donors (Lipinski definition) is 1. The SMILES string of the molecule is CC(C)Oc1ccc(C(=O)N[C@@H]2COc3cccc(-c4ccc(F)nc4)c3C2)cn1. The zero-order valence-electron chi connectivity index (χ0n) is 16.8. The number of halogens is 1. The Morgan fingerprint density at radius 2 is 2.03 bits per heavy atom. The maximum Gasteiger partial charge on any atom is 0.253 e. The number of carbonyl (C=O) groups is 1. The van der Waals surface area contributed by atoms with Gasteiger partial charge in [-0.25, -0.2) is 9.97 Å². The van der Waals surface area contributed by atoms with Gasteiger partial charge in [0.2, 0.25) is 11.8 Å². The van der Waals surface area contributed by atoms with E-state index >= 15 is 0 Å². The number of benzene rings is 1. The maximum atomic E-state index is 13.2. The molecule has 2 aromatic heterocycles. The zero-order valence-corrected chi connectivity index (χ0v) is 16.8. The standard InChI is InChI=1S/C23H22FN3O3/c1-14(2)30-22-9-7-16(12-26-22)23(28)27-17-10-19-18(4-3-5-20(19)29-13-17)15-6-8-21(24)25-11-15/h3-9,11-12,14,17H,10,13H2,1-2H3,(H,27,28)/t17-/m0/s1. The van der Waals surface area contributed by atoms with E-state index in [1.165, 1.54) is 18.5 Å². The number of aromatic nitrogens is 2. The van der Waals surface area contributed by atoms with Gasteiger partial charge in [0.15, 0.2) is 0 Å². The smallest absolute Gasteiger partial charge is 0.253 e. The van der Waals surface area contributed by atoms with Crippen molar-refractivity contribution in [3.8, 4) is 22.8 Å². The fourth-order valence-electron chi connectivity index (χ4n) is 3.40. The van der Waals surface area contributed by atoms with E-state index in [1.54, 1.807) is 18.2 Å². The third kappa shape index (κ3) is 4.40. The molecule has 0 saturated carbocycles.